The summed E-state index contributed by atoms with van der Waals surface area (Å²) in [6, 6.07) is 9.36. The zero-order valence-corrected chi connectivity index (χ0v) is 15.0. The van der Waals surface area contributed by atoms with Crippen LogP contribution in [0, 0.1) is 0 Å². The van der Waals surface area contributed by atoms with E-state index in [1.54, 1.807) is 23.5 Å². The molecule has 6 heteroatoms. The van der Waals surface area contributed by atoms with Crippen molar-refractivity contribution in [3.8, 4) is 5.75 Å². The maximum atomic E-state index is 12.2. The average Bonchev–Trinajstić information content (AvgIpc) is 3.25. The normalized spacial score (nSPS) is 17.2. The molecule has 1 atom stereocenters. The summed E-state index contributed by atoms with van der Waals surface area (Å²) in [4.78, 5) is 13.3. The van der Waals surface area contributed by atoms with Crippen molar-refractivity contribution in [2.45, 2.75) is 25.5 Å². The molecule has 0 radical (unpaired) electrons. The molecule has 1 aliphatic rings. The number of nitrogens with one attached hydrogen (secondary N) is 1. The smallest absolute Gasteiger partial charge is 0.251 e. The van der Waals surface area contributed by atoms with E-state index in [0.29, 0.717) is 18.7 Å². The van der Waals surface area contributed by atoms with Crippen molar-refractivity contribution >= 4 is 33.2 Å². The highest BCUT2D eigenvalue weighted by Gasteiger charge is 2.17. The van der Waals surface area contributed by atoms with Crippen LogP contribution in [0.2, 0.25) is 0 Å². The number of carbonyl (C=O) groups excluding carboxylic acids is 1. The summed E-state index contributed by atoms with van der Waals surface area (Å²) in [6.45, 7) is 1.91. The molecule has 1 aliphatic heterocycles. The molecule has 122 valence electrons. The first-order chi connectivity index (χ1) is 11.2. The van der Waals surface area contributed by atoms with Crippen LogP contribution in [0.5, 0.6) is 5.75 Å². The minimum Gasteiger partial charge on any atom is -0.490 e. The van der Waals surface area contributed by atoms with Crippen molar-refractivity contribution in [3.63, 3.8) is 0 Å². The van der Waals surface area contributed by atoms with Crippen LogP contribution in [0.3, 0.4) is 0 Å². The first kappa shape index (κ1) is 16.5. The van der Waals surface area contributed by atoms with Crippen molar-refractivity contribution < 1.29 is 14.3 Å². The lowest BCUT2D eigenvalue weighted by Gasteiger charge is -2.13. The Bertz CT molecular complexity index is 654. The Morgan fingerprint density at radius 3 is 3.04 bits per heavy atom. The quantitative estimate of drug-likeness (QED) is 0.803. The van der Waals surface area contributed by atoms with Gasteiger partial charge in [0.15, 0.2) is 0 Å². The monoisotopic (exact) mass is 395 g/mol. The first-order valence-electron chi connectivity index (χ1n) is 7.57. The maximum Gasteiger partial charge on any atom is 0.251 e. The summed E-state index contributed by atoms with van der Waals surface area (Å²) in [6.07, 6.45) is 2.31. The van der Waals surface area contributed by atoms with Crippen LogP contribution in [-0.2, 0) is 11.3 Å². The summed E-state index contributed by atoms with van der Waals surface area (Å²) in [7, 11) is 0. The molecule has 2 heterocycles. The molecule has 1 aromatic carbocycles. The van der Waals surface area contributed by atoms with Crippen molar-refractivity contribution in [2.75, 3.05) is 13.2 Å². The highest BCUT2D eigenvalue weighted by molar-refractivity contribution is 9.10. The van der Waals surface area contributed by atoms with Crippen molar-refractivity contribution in [1.82, 2.24) is 5.32 Å². The molecule has 4 nitrogen and oxygen atoms in total. The minimum atomic E-state index is -0.0928. The second-order valence-corrected chi connectivity index (χ2v) is 7.24. The van der Waals surface area contributed by atoms with Crippen LogP contribution >= 0.6 is 27.3 Å². The van der Waals surface area contributed by atoms with Gasteiger partial charge in [0.2, 0.25) is 0 Å². The van der Waals surface area contributed by atoms with Gasteiger partial charge in [-0.3, -0.25) is 4.79 Å². The molecular formula is C17H18BrNO3S. The Kier molecular flexibility index (Phi) is 5.70. The fourth-order valence-electron chi connectivity index (χ4n) is 2.40. The van der Waals surface area contributed by atoms with Gasteiger partial charge in [-0.2, -0.15) is 0 Å². The number of ether oxygens (including phenoxy) is 2. The van der Waals surface area contributed by atoms with E-state index in [4.69, 9.17) is 9.47 Å². The molecule has 1 unspecified atom stereocenters. The van der Waals surface area contributed by atoms with Gasteiger partial charge in [0.1, 0.15) is 12.4 Å². The van der Waals surface area contributed by atoms with Crippen molar-refractivity contribution in [2.24, 2.45) is 0 Å². The lowest BCUT2D eigenvalue weighted by Crippen LogP contribution is -2.22. The summed E-state index contributed by atoms with van der Waals surface area (Å²) in [5, 5.41) is 4.91. The van der Waals surface area contributed by atoms with Crippen LogP contribution in [0.1, 0.15) is 28.1 Å². The third-order valence-corrected chi connectivity index (χ3v) is 5.14. The number of thiophene rings is 1. The number of carbonyl (C=O) groups is 1. The predicted molar refractivity (Wildman–Crippen MR) is 94.1 cm³/mol. The van der Waals surface area contributed by atoms with Gasteiger partial charge in [-0.05, 0) is 58.4 Å². The molecule has 3 rings (SSSR count). The largest absolute Gasteiger partial charge is 0.490 e. The highest BCUT2D eigenvalue weighted by Crippen LogP contribution is 2.27. The third-order valence-electron chi connectivity index (χ3n) is 3.65. The number of rotatable bonds is 6. The molecule has 0 saturated carbocycles. The molecule has 0 aliphatic carbocycles. The second-order valence-electron chi connectivity index (χ2n) is 5.35. The van der Waals surface area contributed by atoms with Gasteiger partial charge < -0.3 is 14.8 Å². The third kappa shape index (κ3) is 4.56. The Hall–Kier alpha value is -1.37. The van der Waals surface area contributed by atoms with Crippen LogP contribution in [0.25, 0.3) is 0 Å². The summed E-state index contributed by atoms with van der Waals surface area (Å²) >= 11 is 5.10. The van der Waals surface area contributed by atoms with Crippen LogP contribution in [0.4, 0.5) is 0 Å². The Labute approximate surface area is 147 Å². The Balaban J connectivity index is 1.55. The Morgan fingerprint density at radius 1 is 1.43 bits per heavy atom. The van der Waals surface area contributed by atoms with Gasteiger partial charge >= 0.3 is 0 Å². The standard InChI is InChI=1S/C17H18BrNO3S/c18-15-9-12(17(20)19-10-14-4-2-8-23-14)5-6-16(15)22-11-13-3-1-7-21-13/h2,4-6,8-9,13H,1,3,7,10-11H2,(H,19,20). The van der Waals surface area contributed by atoms with Crippen LogP contribution < -0.4 is 10.1 Å². The number of benzene rings is 1. The fourth-order valence-corrected chi connectivity index (χ4v) is 3.54. The average molecular weight is 396 g/mol. The van der Waals surface area contributed by atoms with E-state index in [1.165, 1.54) is 0 Å². The lowest BCUT2D eigenvalue weighted by atomic mass is 10.2. The van der Waals surface area contributed by atoms with Gasteiger partial charge in [-0.25, -0.2) is 0 Å². The zero-order valence-electron chi connectivity index (χ0n) is 12.6. The van der Waals surface area contributed by atoms with E-state index in [9.17, 15) is 4.79 Å². The van der Waals surface area contributed by atoms with E-state index in [0.717, 1.165) is 34.5 Å². The van der Waals surface area contributed by atoms with E-state index < -0.39 is 0 Å². The van der Waals surface area contributed by atoms with Gasteiger partial charge in [-0.15, -0.1) is 11.3 Å². The topological polar surface area (TPSA) is 47.6 Å². The molecule has 23 heavy (non-hydrogen) atoms. The maximum absolute atomic E-state index is 12.2. The summed E-state index contributed by atoms with van der Waals surface area (Å²) in [5.41, 5.74) is 0.609. The molecule has 2 aromatic rings. The molecular weight excluding hydrogens is 378 g/mol. The molecule has 0 spiro atoms. The van der Waals surface area contributed by atoms with E-state index >= 15 is 0 Å². The molecule has 1 amide bonds. The number of halogens is 1. The van der Waals surface area contributed by atoms with Gasteiger partial charge in [0.25, 0.3) is 5.91 Å². The number of hydrogen-bond donors (Lipinski definition) is 1. The van der Waals surface area contributed by atoms with E-state index in [2.05, 4.69) is 21.2 Å². The number of hydrogen-bond acceptors (Lipinski definition) is 4. The summed E-state index contributed by atoms with van der Waals surface area (Å²) in [5.74, 6) is 0.639. The minimum absolute atomic E-state index is 0.0928. The molecule has 0 bridgehead atoms. The highest BCUT2D eigenvalue weighted by atomic mass is 79.9. The zero-order chi connectivity index (χ0) is 16.1. The van der Waals surface area contributed by atoms with Crippen LogP contribution in [0.15, 0.2) is 40.2 Å². The van der Waals surface area contributed by atoms with Crippen molar-refractivity contribution in [1.29, 1.82) is 0 Å². The van der Waals surface area contributed by atoms with E-state index in [1.807, 2.05) is 23.6 Å². The lowest BCUT2D eigenvalue weighted by molar-refractivity contribution is 0.0677. The Morgan fingerprint density at radius 2 is 2.35 bits per heavy atom. The second kappa shape index (κ2) is 7.95. The van der Waals surface area contributed by atoms with Gasteiger partial charge in [-0.1, -0.05) is 6.07 Å². The number of amides is 1. The van der Waals surface area contributed by atoms with Gasteiger partial charge in [0, 0.05) is 17.0 Å². The summed E-state index contributed by atoms with van der Waals surface area (Å²) < 4.78 is 12.1. The molecule has 1 aromatic heterocycles. The molecule has 1 saturated heterocycles. The molecule has 1 N–H and O–H groups in total. The van der Waals surface area contributed by atoms with E-state index in [-0.39, 0.29) is 12.0 Å². The van der Waals surface area contributed by atoms with Crippen molar-refractivity contribution in [3.05, 3.63) is 50.6 Å². The molecule has 1 fully saturated rings. The predicted octanol–water partition coefficient (Wildman–Crippen LogP) is 4.00. The first-order valence-corrected chi connectivity index (χ1v) is 9.24. The SMILES string of the molecule is O=C(NCc1cccs1)c1ccc(OCC2CCCO2)c(Br)c1. The van der Waals surface area contributed by atoms with Crippen LogP contribution in [-0.4, -0.2) is 25.2 Å². The van der Waals surface area contributed by atoms with Gasteiger partial charge in [0.05, 0.1) is 17.1 Å². The fraction of sp³-hybridized carbons (Fsp3) is 0.353.